The van der Waals surface area contributed by atoms with Gasteiger partial charge < -0.3 is 4.57 Å². The van der Waals surface area contributed by atoms with Crippen molar-refractivity contribution in [1.82, 2.24) is 4.57 Å². The Morgan fingerprint density at radius 1 is 1.42 bits per heavy atom. The Hall–Kier alpha value is -2.50. The fourth-order valence-electron chi connectivity index (χ4n) is 1.79. The molecular formula is C13H11FN2O3. The molecule has 0 saturated heterocycles. The van der Waals surface area contributed by atoms with Gasteiger partial charge in [0.2, 0.25) is 0 Å². The van der Waals surface area contributed by atoms with E-state index in [4.69, 9.17) is 0 Å². The van der Waals surface area contributed by atoms with Crippen molar-refractivity contribution in [1.29, 1.82) is 0 Å². The molecule has 0 fully saturated rings. The van der Waals surface area contributed by atoms with Gasteiger partial charge in [-0.1, -0.05) is 0 Å². The molecule has 0 saturated carbocycles. The number of halogens is 1. The van der Waals surface area contributed by atoms with Gasteiger partial charge >= 0.3 is 0 Å². The fraction of sp³-hybridized carbons (Fsp3) is 0.154. The number of benzene rings is 1. The van der Waals surface area contributed by atoms with Crippen LogP contribution in [0.2, 0.25) is 0 Å². The third-order valence-electron chi connectivity index (χ3n) is 2.68. The number of carbonyl (C=O) groups is 1. The van der Waals surface area contributed by atoms with E-state index in [-0.39, 0.29) is 18.0 Å². The molecule has 0 bridgehead atoms. The Labute approximate surface area is 108 Å². The van der Waals surface area contributed by atoms with Crippen LogP contribution >= 0.6 is 0 Å². The topological polar surface area (TPSA) is 65.1 Å². The number of ketones is 1. The number of rotatable bonds is 4. The first-order valence-electron chi connectivity index (χ1n) is 5.56. The molecule has 19 heavy (non-hydrogen) atoms. The van der Waals surface area contributed by atoms with Gasteiger partial charge in [0, 0.05) is 30.6 Å². The van der Waals surface area contributed by atoms with Gasteiger partial charge in [-0.15, -0.1) is 0 Å². The molecule has 0 aliphatic carbocycles. The largest absolute Gasteiger partial charge is 0.349 e. The Bertz CT molecular complexity index is 649. The summed E-state index contributed by atoms with van der Waals surface area (Å²) in [5.41, 5.74) is 0.734. The lowest BCUT2D eigenvalue weighted by Gasteiger charge is -2.03. The molecule has 0 unspecified atom stereocenters. The average Bonchev–Trinajstić information content (AvgIpc) is 2.76. The molecule has 6 heteroatoms. The van der Waals surface area contributed by atoms with Crippen LogP contribution < -0.4 is 0 Å². The number of carbonyl (C=O) groups excluding carboxylic acids is 1. The lowest BCUT2D eigenvalue weighted by molar-refractivity contribution is -0.385. The molecule has 0 radical (unpaired) electrons. The quantitative estimate of drug-likeness (QED) is 0.483. The maximum Gasteiger partial charge on any atom is 0.272 e. The zero-order valence-corrected chi connectivity index (χ0v) is 10.2. The summed E-state index contributed by atoms with van der Waals surface area (Å²) in [6, 6.07) is 5.08. The van der Waals surface area contributed by atoms with Crippen molar-refractivity contribution >= 4 is 11.5 Å². The molecule has 0 N–H and O–H groups in total. The molecule has 98 valence electrons. The molecule has 0 atom stereocenters. The van der Waals surface area contributed by atoms with E-state index in [9.17, 15) is 19.3 Å². The monoisotopic (exact) mass is 262 g/mol. The summed E-state index contributed by atoms with van der Waals surface area (Å²) in [7, 11) is 0. The van der Waals surface area contributed by atoms with Gasteiger partial charge in [-0.2, -0.15) is 0 Å². The highest BCUT2D eigenvalue weighted by Gasteiger charge is 2.10. The molecule has 5 nitrogen and oxygen atoms in total. The molecule has 0 aliphatic heterocycles. The van der Waals surface area contributed by atoms with Crippen LogP contribution in [0.5, 0.6) is 0 Å². The van der Waals surface area contributed by atoms with Crippen LogP contribution in [0.3, 0.4) is 0 Å². The van der Waals surface area contributed by atoms with Crippen molar-refractivity contribution in [3.8, 4) is 0 Å². The summed E-state index contributed by atoms with van der Waals surface area (Å²) in [5, 5.41) is 10.6. The molecule has 1 aromatic heterocycles. The third-order valence-corrected chi connectivity index (χ3v) is 2.68. The Morgan fingerprint density at radius 3 is 2.74 bits per heavy atom. The standard InChI is InChI=1S/C13H11FN2O3/c1-9(17)11-2-3-15(8-11)7-10-4-12(14)6-13(5-10)16(18)19/h2-6,8H,7H2,1H3. The first-order chi connectivity index (χ1) is 8.95. The normalized spacial score (nSPS) is 10.4. The summed E-state index contributed by atoms with van der Waals surface area (Å²) < 4.78 is 14.9. The lowest BCUT2D eigenvalue weighted by Crippen LogP contribution is -1.99. The number of nitrogens with zero attached hydrogens (tertiary/aromatic N) is 2. The highest BCUT2D eigenvalue weighted by Crippen LogP contribution is 2.17. The van der Waals surface area contributed by atoms with E-state index >= 15 is 0 Å². The van der Waals surface area contributed by atoms with E-state index in [1.807, 2.05) is 0 Å². The minimum absolute atomic E-state index is 0.0658. The number of non-ortho nitro benzene ring substituents is 1. The number of Topliss-reactive ketones (excluding diaryl/α,β-unsaturated/α-hetero) is 1. The van der Waals surface area contributed by atoms with Gasteiger partial charge in [-0.25, -0.2) is 4.39 Å². The van der Waals surface area contributed by atoms with E-state index in [0.29, 0.717) is 11.1 Å². The van der Waals surface area contributed by atoms with Crippen LogP contribution in [0.1, 0.15) is 22.8 Å². The van der Waals surface area contributed by atoms with Crippen molar-refractivity contribution in [3.05, 3.63) is 63.7 Å². The third kappa shape index (κ3) is 3.04. The first kappa shape index (κ1) is 12.9. The molecule has 1 aromatic carbocycles. The Morgan fingerprint density at radius 2 is 2.16 bits per heavy atom. The smallest absolute Gasteiger partial charge is 0.272 e. The second kappa shape index (κ2) is 5.01. The van der Waals surface area contributed by atoms with Crippen LogP contribution in [0.4, 0.5) is 10.1 Å². The predicted molar refractivity (Wildman–Crippen MR) is 66.6 cm³/mol. The average molecular weight is 262 g/mol. The second-order valence-electron chi connectivity index (χ2n) is 4.20. The second-order valence-corrected chi connectivity index (χ2v) is 4.20. The molecular weight excluding hydrogens is 251 g/mol. The zero-order chi connectivity index (χ0) is 14.0. The lowest BCUT2D eigenvalue weighted by atomic mass is 10.2. The van der Waals surface area contributed by atoms with Crippen molar-refractivity contribution in [3.63, 3.8) is 0 Å². The molecule has 2 rings (SSSR count). The minimum atomic E-state index is -0.650. The van der Waals surface area contributed by atoms with Gasteiger partial charge in [0.25, 0.3) is 5.69 Å². The number of nitro benzene ring substituents is 1. The van der Waals surface area contributed by atoms with Crippen LogP contribution in [0.15, 0.2) is 36.7 Å². The van der Waals surface area contributed by atoms with Crippen molar-refractivity contribution in [2.24, 2.45) is 0 Å². The summed E-state index contributed by atoms with van der Waals surface area (Å²) in [5.74, 6) is -0.716. The molecule has 0 aliphatic rings. The number of aromatic nitrogens is 1. The van der Waals surface area contributed by atoms with Gasteiger partial charge in [0.15, 0.2) is 5.78 Å². The number of hydrogen-bond acceptors (Lipinski definition) is 3. The summed E-state index contributed by atoms with van der Waals surface area (Å²) in [6.07, 6.45) is 3.30. The van der Waals surface area contributed by atoms with Crippen LogP contribution in [-0.4, -0.2) is 15.3 Å². The van der Waals surface area contributed by atoms with E-state index in [0.717, 1.165) is 6.07 Å². The van der Waals surface area contributed by atoms with Crippen LogP contribution in [0, 0.1) is 15.9 Å². The minimum Gasteiger partial charge on any atom is -0.349 e. The van der Waals surface area contributed by atoms with Gasteiger partial charge in [0.1, 0.15) is 5.82 Å². The number of nitro groups is 1. The van der Waals surface area contributed by atoms with Gasteiger partial charge in [-0.05, 0) is 24.6 Å². The van der Waals surface area contributed by atoms with Gasteiger partial charge in [0.05, 0.1) is 11.0 Å². The molecule has 1 heterocycles. The summed E-state index contributed by atoms with van der Waals surface area (Å²) in [6.45, 7) is 1.72. The maximum atomic E-state index is 13.3. The number of hydrogen-bond donors (Lipinski definition) is 0. The maximum absolute atomic E-state index is 13.3. The molecule has 0 amide bonds. The van der Waals surface area contributed by atoms with Crippen LogP contribution in [0.25, 0.3) is 0 Å². The highest BCUT2D eigenvalue weighted by atomic mass is 19.1. The Balaban J connectivity index is 2.27. The van der Waals surface area contributed by atoms with Crippen LogP contribution in [-0.2, 0) is 6.54 Å². The van der Waals surface area contributed by atoms with Crippen molar-refractivity contribution < 1.29 is 14.1 Å². The van der Waals surface area contributed by atoms with Crippen molar-refractivity contribution in [2.45, 2.75) is 13.5 Å². The van der Waals surface area contributed by atoms with E-state index in [1.54, 1.807) is 23.0 Å². The van der Waals surface area contributed by atoms with E-state index in [1.165, 1.54) is 19.1 Å². The summed E-state index contributed by atoms with van der Waals surface area (Å²) >= 11 is 0. The molecule has 2 aromatic rings. The predicted octanol–water partition coefficient (Wildman–Crippen LogP) is 2.79. The van der Waals surface area contributed by atoms with E-state index in [2.05, 4.69) is 0 Å². The molecule has 0 spiro atoms. The zero-order valence-electron chi connectivity index (χ0n) is 10.2. The van der Waals surface area contributed by atoms with Gasteiger partial charge in [-0.3, -0.25) is 14.9 Å². The first-order valence-corrected chi connectivity index (χ1v) is 5.56. The fourth-order valence-corrected chi connectivity index (χ4v) is 1.79. The van der Waals surface area contributed by atoms with Crippen molar-refractivity contribution in [2.75, 3.05) is 0 Å². The van der Waals surface area contributed by atoms with E-state index < -0.39 is 10.7 Å². The summed E-state index contributed by atoms with van der Waals surface area (Å²) in [4.78, 5) is 21.1. The highest BCUT2D eigenvalue weighted by molar-refractivity contribution is 5.93. The Kier molecular flexibility index (Phi) is 3.41. The SMILES string of the molecule is CC(=O)c1ccn(Cc2cc(F)cc([N+](=O)[O-])c2)c1.